The van der Waals surface area contributed by atoms with Crippen molar-refractivity contribution >= 4 is 27.8 Å². The molecule has 0 aliphatic carbocycles. The van der Waals surface area contributed by atoms with E-state index in [1.165, 1.54) is 0 Å². The Morgan fingerprint density at radius 2 is 2.15 bits per heavy atom. The Labute approximate surface area is 127 Å². The molecule has 20 heavy (non-hydrogen) atoms. The fourth-order valence-corrected chi connectivity index (χ4v) is 2.38. The molecule has 0 saturated heterocycles. The number of rotatable bonds is 8. The van der Waals surface area contributed by atoms with E-state index < -0.39 is 11.9 Å². The number of nitrogens with one attached hydrogen (secondary N) is 1. The number of carboxylic acids is 1. The van der Waals surface area contributed by atoms with Gasteiger partial charge in [-0.15, -0.1) is 0 Å². The molecule has 5 heteroatoms. The van der Waals surface area contributed by atoms with Crippen LogP contribution in [0.25, 0.3) is 0 Å². The molecule has 1 aromatic carbocycles. The third kappa shape index (κ3) is 6.19. The second-order valence-corrected chi connectivity index (χ2v) is 5.67. The van der Waals surface area contributed by atoms with E-state index in [1.54, 1.807) is 0 Å². The topological polar surface area (TPSA) is 66.4 Å². The SMILES string of the molecule is CCCC(CNC(=O)CCc1cccc(Br)c1)C(=O)O. The van der Waals surface area contributed by atoms with Gasteiger partial charge in [0.1, 0.15) is 0 Å². The highest BCUT2D eigenvalue weighted by Crippen LogP contribution is 2.13. The number of aryl methyl sites for hydroxylation is 1. The summed E-state index contributed by atoms with van der Waals surface area (Å²) in [7, 11) is 0. The van der Waals surface area contributed by atoms with Crippen LogP contribution in [0.1, 0.15) is 31.7 Å². The van der Waals surface area contributed by atoms with Gasteiger partial charge in [0, 0.05) is 17.4 Å². The van der Waals surface area contributed by atoms with Gasteiger partial charge in [0.05, 0.1) is 5.92 Å². The van der Waals surface area contributed by atoms with Gasteiger partial charge in [-0.2, -0.15) is 0 Å². The number of halogens is 1. The lowest BCUT2D eigenvalue weighted by Gasteiger charge is -2.12. The molecule has 0 saturated carbocycles. The highest BCUT2D eigenvalue weighted by atomic mass is 79.9. The fourth-order valence-electron chi connectivity index (χ4n) is 1.94. The van der Waals surface area contributed by atoms with Crippen molar-refractivity contribution in [3.05, 3.63) is 34.3 Å². The second kappa shape index (κ2) is 8.74. The zero-order chi connectivity index (χ0) is 15.0. The molecule has 0 aromatic heterocycles. The van der Waals surface area contributed by atoms with Crippen LogP contribution in [0, 0.1) is 5.92 Å². The summed E-state index contributed by atoms with van der Waals surface area (Å²) >= 11 is 3.39. The summed E-state index contributed by atoms with van der Waals surface area (Å²) in [6.45, 7) is 2.14. The van der Waals surface area contributed by atoms with E-state index in [4.69, 9.17) is 5.11 Å². The smallest absolute Gasteiger partial charge is 0.308 e. The normalized spacial score (nSPS) is 11.9. The first kappa shape index (κ1) is 16.7. The number of carbonyl (C=O) groups excluding carboxylic acids is 1. The first-order valence-corrected chi connectivity index (χ1v) is 7.56. The number of carboxylic acid groups (broad SMARTS) is 1. The van der Waals surface area contributed by atoms with E-state index in [0.717, 1.165) is 16.5 Å². The minimum atomic E-state index is -0.848. The van der Waals surface area contributed by atoms with E-state index in [1.807, 2.05) is 31.2 Å². The quantitative estimate of drug-likeness (QED) is 0.763. The first-order valence-electron chi connectivity index (χ1n) is 6.77. The highest BCUT2D eigenvalue weighted by Gasteiger charge is 2.16. The molecular weight excluding hydrogens is 322 g/mol. The van der Waals surface area contributed by atoms with Crippen LogP contribution in [0.15, 0.2) is 28.7 Å². The lowest BCUT2D eigenvalue weighted by atomic mass is 10.0. The summed E-state index contributed by atoms with van der Waals surface area (Å²) in [6.07, 6.45) is 2.40. The van der Waals surface area contributed by atoms with Gasteiger partial charge in [-0.3, -0.25) is 9.59 Å². The van der Waals surface area contributed by atoms with E-state index in [9.17, 15) is 9.59 Å². The van der Waals surface area contributed by atoms with Gasteiger partial charge in [0.15, 0.2) is 0 Å². The average molecular weight is 342 g/mol. The lowest BCUT2D eigenvalue weighted by molar-refractivity contribution is -0.141. The minimum absolute atomic E-state index is 0.104. The maximum Gasteiger partial charge on any atom is 0.308 e. The third-order valence-corrected chi connectivity index (χ3v) is 3.56. The van der Waals surface area contributed by atoms with Crippen LogP contribution in [0.5, 0.6) is 0 Å². The van der Waals surface area contributed by atoms with Crippen LogP contribution in [-0.4, -0.2) is 23.5 Å². The molecule has 2 N–H and O–H groups in total. The van der Waals surface area contributed by atoms with E-state index in [2.05, 4.69) is 21.2 Å². The summed E-state index contributed by atoms with van der Waals surface area (Å²) in [6, 6.07) is 7.81. The standard InChI is InChI=1S/C15H20BrNO3/c1-2-4-12(15(19)20)10-17-14(18)8-7-11-5-3-6-13(16)9-11/h3,5-6,9,12H,2,4,7-8,10H2,1H3,(H,17,18)(H,19,20). The zero-order valence-corrected chi connectivity index (χ0v) is 13.1. The molecule has 1 atom stereocenters. The number of hydrogen-bond acceptors (Lipinski definition) is 2. The molecule has 0 spiro atoms. The van der Waals surface area contributed by atoms with E-state index >= 15 is 0 Å². The monoisotopic (exact) mass is 341 g/mol. The predicted octanol–water partition coefficient (Wildman–Crippen LogP) is 3.00. The van der Waals surface area contributed by atoms with Crippen molar-refractivity contribution in [1.29, 1.82) is 0 Å². The molecule has 1 aromatic rings. The van der Waals surface area contributed by atoms with Gasteiger partial charge in [-0.05, 0) is 30.5 Å². The maximum absolute atomic E-state index is 11.7. The van der Waals surface area contributed by atoms with Gasteiger partial charge in [0.25, 0.3) is 0 Å². The molecule has 4 nitrogen and oxygen atoms in total. The Hall–Kier alpha value is -1.36. The van der Waals surface area contributed by atoms with Gasteiger partial charge < -0.3 is 10.4 Å². The Balaban J connectivity index is 2.34. The number of carbonyl (C=O) groups is 2. The molecule has 0 radical (unpaired) electrons. The third-order valence-electron chi connectivity index (χ3n) is 3.06. The van der Waals surface area contributed by atoms with Crippen LogP contribution in [0.3, 0.4) is 0 Å². The van der Waals surface area contributed by atoms with Crippen molar-refractivity contribution in [1.82, 2.24) is 5.32 Å². The molecule has 0 bridgehead atoms. The van der Waals surface area contributed by atoms with Crippen molar-refractivity contribution < 1.29 is 14.7 Å². The number of amides is 1. The summed E-state index contributed by atoms with van der Waals surface area (Å²) in [5.41, 5.74) is 1.08. The largest absolute Gasteiger partial charge is 0.481 e. The van der Waals surface area contributed by atoms with Crippen LogP contribution in [-0.2, 0) is 16.0 Å². The van der Waals surface area contributed by atoms with Crippen molar-refractivity contribution in [2.24, 2.45) is 5.92 Å². The number of benzene rings is 1. The van der Waals surface area contributed by atoms with Gasteiger partial charge in [-0.1, -0.05) is 41.4 Å². The van der Waals surface area contributed by atoms with Crippen LogP contribution < -0.4 is 5.32 Å². The number of hydrogen-bond donors (Lipinski definition) is 2. The summed E-state index contributed by atoms with van der Waals surface area (Å²) < 4.78 is 0.990. The molecule has 0 aliphatic heterocycles. The predicted molar refractivity (Wildman–Crippen MR) is 81.5 cm³/mol. The second-order valence-electron chi connectivity index (χ2n) is 4.76. The Morgan fingerprint density at radius 3 is 2.75 bits per heavy atom. The molecule has 110 valence electrons. The van der Waals surface area contributed by atoms with Crippen LogP contribution >= 0.6 is 15.9 Å². The molecular formula is C15H20BrNO3. The van der Waals surface area contributed by atoms with E-state index in [0.29, 0.717) is 19.3 Å². The summed E-state index contributed by atoms with van der Waals surface area (Å²) in [4.78, 5) is 22.7. The van der Waals surface area contributed by atoms with Gasteiger partial charge in [-0.25, -0.2) is 0 Å². The molecule has 1 rings (SSSR count). The van der Waals surface area contributed by atoms with Gasteiger partial charge in [0.2, 0.25) is 5.91 Å². The highest BCUT2D eigenvalue weighted by molar-refractivity contribution is 9.10. The lowest BCUT2D eigenvalue weighted by Crippen LogP contribution is -2.33. The van der Waals surface area contributed by atoms with E-state index in [-0.39, 0.29) is 12.5 Å². The molecule has 0 aliphatic rings. The summed E-state index contributed by atoms with van der Waals surface area (Å²) in [5, 5.41) is 11.7. The molecule has 0 heterocycles. The molecule has 1 unspecified atom stereocenters. The van der Waals surface area contributed by atoms with Crippen molar-refractivity contribution in [2.45, 2.75) is 32.6 Å². The van der Waals surface area contributed by atoms with Crippen LogP contribution in [0.4, 0.5) is 0 Å². The maximum atomic E-state index is 11.7. The van der Waals surface area contributed by atoms with Crippen molar-refractivity contribution in [3.8, 4) is 0 Å². The Morgan fingerprint density at radius 1 is 1.40 bits per heavy atom. The molecule has 1 amide bonds. The van der Waals surface area contributed by atoms with Crippen LogP contribution in [0.2, 0.25) is 0 Å². The van der Waals surface area contributed by atoms with Gasteiger partial charge >= 0.3 is 5.97 Å². The molecule has 0 fully saturated rings. The van der Waals surface area contributed by atoms with Crippen molar-refractivity contribution in [2.75, 3.05) is 6.54 Å². The minimum Gasteiger partial charge on any atom is -0.481 e. The fraction of sp³-hybridized carbons (Fsp3) is 0.467. The zero-order valence-electron chi connectivity index (χ0n) is 11.6. The summed E-state index contributed by atoms with van der Waals surface area (Å²) in [5.74, 6) is -1.44. The Bertz CT molecular complexity index is 462. The average Bonchev–Trinajstić information content (AvgIpc) is 2.41. The Kier molecular flexibility index (Phi) is 7.30. The number of aliphatic carboxylic acids is 1. The van der Waals surface area contributed by atoms with Crippen molar-refractivity contribution in [3.63, 3.8) is 0 Å². The first-order chi connectivity index (χ1) is 9.52.